The molecule has 1 fully saturated rings. The van der Waals surface area contributed by atoms with Gasteiger partial charge in [0, 0.05) is 30.6 Å². The van der Waals surface area contributed by atoms with Crippen molar-refractivity contribution in [3.8, 4) is 16.3 Å². The first-order valence-corrected chi connectivity index (χ1v) is 10.9. The summed E-state index contributed by atoms with van der Waals surface area (Å²) < 4.78 is 5.36. The van der Waals surface area contributed by atoms with Crippen LogP contribution in [-0.2, 0) is 11.3 Å². The van der Waals surface area contributed by atoms with Crippen molar-refractivity contribution >= 4 is 29.1 Å². The first-order chi connectivity index (χ1) is 15.5. The standard InChI is InChI=1S/C23H22N4O4S/c1-31-19-5-3-2-4-17(19)22-26-18(14-32-22)21(29)25-12-15-6-8-16(9-7-15)23(30)27-11-10-24-20(28)13-27/h2-9,14H,10-13H2,1H3,(H,24,28)(H,25,29). The molecule has 2 aromatic carbocycles. The molecule has 0 atom stereocenters. The molecular weight excluding hydrogens is 428 g/mol. The van der Waals surface area contributed by atoms with Crippen LogP contribution in [0.25, 0.3) is 10.6 Å². The fourth-order valence-electron chi connectivity index (χ4n) is 3.36. The predicted molar refractivity (Wildman–Crippen MR) is 121 cm³/mol. The Bertz CT molecular complexity index is 1140. The quantitative estimate of drug-likeness (QED) is 0.600. The highest BCUT2D eigenvalue weighted by atomic mass is 32.1. The van der Waals surface area contributed by atoms with Gasteiger partial charge in [-0.25, -0.2) is 4.98 Å². The first-order valence-electron chi connectivity index (χ1n) is 10.1. The van der Waals surface area contributed by atoms with Crippen molar-refractivity contribution in [2.75, 3.05) is 26.7 Å². The smallest absolute Gasteiger partial charge is 0.271 e. The average Bonchev–Trinajstić information content (AvgIpc) is 3.32. The maximum atomic E-state index is 12.5. The van der Waals surface area contributed by atoms with Crippen LogP contribution in [0, 0.1) is 0 Å². The summed E-state index contributed by atoms with van der Waals surface area (Å²) in [5.74, 6) is 0.0946. The van der Waals surface area contributed by atoms with E-state index in [1.807, 2.05) is 24.3 Å². The summed E-state index contributed by atoms with van der Waals surface area (Å²) in [6.45, 7) is 1.33. The van der Waals surface area contributed by atoms with Gasteiger partial charge in [0.05, 0.1) is 19.2 Å². The third kappa shape index (κ3) is 4.78. The van der Waals surface area contributed by atoms with Gasteiger partial charge in [-0.15, -0.1) is 11.3 Å². The second-order valence-corrected chi connectivity index (χ2v) is 8.05. The fourth-order valence-corrected chi connectivity index (χ4v) is 4.19. The lowest BCUT2D eigenvalue weighted by atomic mass is 10.1. The lowest BCUT2D eigenvalue weighted by molar-refractivity contribution is -0.123. The number of ether oxygens (including phenoxy) is 1. The van der Waals surface area contributed by atoms with Gasteiger partial charge in [-0.05, 0) is 29.8 Å². The van der Waals surface area contributed by atoms with E-state index in [2.05, 4.69) is 15.6 Å². The van der Waals surface area contributed by atoms with Crippen LogP contribution in [0.3, 0.4) is 0 Å². The summed E-state index contributed by atoms with van der Waals surface area (Å²) >= 11 is 1.38. The number of piperazine rings is 1. The molecule has 2 N–H and O–H groups in total. The summed E-state index contributed by atoms with van der Waals surface area (Å²) in [4.78, 5) is 42.5. The normalized spacial score (nSPS) is 13.4. The molecule has 0 spiro atoms. The lowest BCUT2D eigenvalue weighted by Gasteiger charge is -2.26. The number of hydrogen-bond acceptors (Lipinski definition) is 6. The number of carbonyl (C=O) groups excluding carboxylic acids is 3. The molecule has 1 aliphatic heterocycles. The van der Waals surface area contributed by atoms with Gasteiger partial charge < -0.3 is 20.3 Å². The van der Waals surface area contributed by atoms with Crippen molar-refractivity contribution in [3.63, 3.8) is 0 Å². The SMILES string of the molecule is COc1ccccc1-c1nc(C(=O)NCc2ccc(C(=O)N3CCNC(=O)C3)cc2)cs1. The van der Waals surface area contributed by atoms with Crippen LogP contribution in [-0.4, -0.2) is 54.3 Å². The van der Waals surface area contributed by atoms with Gasteiger partial charge in [-0.1, -0.05) is 24.3 Å². The van der Waals surface area contributed by atoms with Crippen molar-refractivity contribution < 1.29 is 19.1 Å². The maximum absolute atomic E-state index is 12.5. The number of nitrogens with zero attached hydrogens (tertiary/aromatic N) is 2. The van der Waals surface area contributed by atoms with Crippen molar-refractivity contribution in [1.29, 1.82) is 0 Å². The van der Waals surface area contributed by atoms with Crippen molar-refractivity contribution in [2.45, 2.75) is 6.54 Å². The van der Waals surface area contributed by atoms with E-state index in [0.29, 0.717) is 41.6 Å². The highest BCUT2D eigenvalue weighted by Crippen LogP contribution is 2.31. The Kier molecular flexibility index (Phi) is 6.46. The Labute approximate surface area is 189 Å². The molecule has 1 saturated heterocycles. The molecule has 0 bridgehead atoms. The molecule has 3 amide bonds. The second-order valence-electron chi connectivity index (χ2n) is 7.19. The molecule has 9 heteroatoms. The van der Waals surface area contributed by atoms with E-state index < -0.39 is 0 Å². The van der Waals surface area contributed by atoms with E-state index in [0.717, 1.165) is 11.1 Å². The largest absolute Gasteiger partial charge is 0.496 e. The van der Waals surface area contributed by atoms with Crippen LogP contribution in [0.15, 0.2) is 53.9 Å². The molecule has 164 valence electrons. The number of aromatic nitrogens is 1. The number of thiazole rings is 1. The van der Waals surface area contributed by atoms with Crippen molar-refractivity contribution in [2.24, 2.45) is 0 Å². The number of rotatable bonds is 6. The van der Waals surface area contributed by atoms with Gasteiger partial charge in [-0.2, -0.15) is 0 Å². The van der Waals surface area contributed by atoms with Crippen LogP contribution in [0.2, 0.25) is 0 Å². The van der Waals surface area contributed by atoms with Gasteiger partial charge in [0.1, 0.15) is 16.5 Å². The monoisotopic (exact) mass is 450 g/mol. The predicted octanol–water partition coefficient (Wildman–Crippen LogP) is 2.32. The molecule has 32 heavy (non-hydrogen) atoms. The van der Waals surface area contributed by atoms with E-state index in [1.165, 1.54) is 16.2 Å². The third-order valence-corrected chi connectivity index (χ3v) is 5.93. The topological polar surface area (TPSA) is 101 Å². The number of benzene rings is 2. The van der Waals surface area contributed by atoms with Gasteiger partial charge in [0.25, 0.3) is 11.8 Å². The molecule has 0 aliphatic carbocycles. The summed E-state index contributed by atoms with van der Waals surface area (Å²) in [6, 6.07) is 14.5. The van der Waals surface area contributed by atoms with Crippen molar-refractivity contribution in [3.05, 3.63) is 70.7 Å². The average molecular weight is 451 g/mol. The first kappa shape index (κ1) is 21.5. The van der Waals surface area contributed by atoms with Gasteiger partial charge in [0.2, 0.25) is 5.91 Å². The van der Waals surface area contributed by atoms with Crippen molar-refractivity contribution in [1.82, 2.24) is 20.5 Å². The molecule has 0 unspecified atom stereocenters. The zero-order chi connectivity index (χ0) is 22.5. The van der Waals surface area contributed by atoms with E-state index in [-0.39, 0.29) is 24.3 Å². The van der Waals surface area contributed by atoms with E-state index in [9.17, 15) is 14.4 Å². The van der Waals surface area contributed by atoms with E-state index >= 15 is 0 Å². The zero-order valence-electron chi connectivity index (χ0n) is 17.5. The van der Waals surface area contributed by atoms with Gasteiger partial charge in [0.15, 0.2) is 0 Å². The molecule has 1 aliphatic rings. The number of hydrogen-bond donors (Lipinski definition) is 2. The molecule has 0 saturated carbocycles. The molecule has 8 nitrogen and oxygen atoms in total. The maximum Gasteiger partial charge on any atom is 0.271 e. The van der Waals surface area contributed by atoms with Crippen LogP contribution < -0.4 is 15.4 Å². The van der Waals surface area contributed by atoms with Gasteiger partial charge >= 0.3 is 0 Å². The Morgan fingerprint density at radius 1 is 1.19 bits per heavy atom. The number of methoxy groups -OCH3 is 1. The number of para-hydroxylation sites is 1. The highest BCUT2D eigenvalue weighted by Gasteiger charge is 2.22. The lowest BCUT2D eigenvalue weighted by Crippen LogP contribution is -2.49. The number of carbonyl (C=O) groups is 3. The molecule has 2 heterocycles. The number of amides is 3. The minimum atomic E-state index is -0.276. The minimum Gasteiger partial charge on any atom is -0.496 e. The summed E-state index contributed by atoms with van der Waals surface area (Å²) in [5.41, 5.74) is 2.54. The summed E-state index contributed by atoms with van der Waals surface area (Å²) in [6.07, 6.45) is 0. The Hall–Kier alpha value is -3.72. The third-order valence-electron chi connectivity index (χ3n) is 5.05. The number of nitrogens with one attached hydrogen (secondary N) is 2. The molecule has 3 aromatic rings. The van der Waals surface area contributed by atoms with Crippen LogP contribution in [0.4, 0.5) is 0 Å². The fraction of sp³-hybridized carbons (Fsp3) is 0.217. The van der Waals surface area contributed by atoms with Crippen LogP contribution >= 0.6 is 11.3 Å². The molecule has 1 aromatic heterocycles. The van der Waals surface area contributed by atoms with Gasteiger partial charge in [-0.3, -0.25) is 14.4 Å². The Morgan fingerprint density at radius 2 is 1.97 bits per heavy atom. The van der Waals surface area contributed by atoms with Crippen LogP contribution in [0.5, 0.6) is 5.75 Å². The summed E-state index contributed by atoms with van der Waals surface area (Å²) in [5, 5.41) is 7.98. The Morgan fingerprint density at radius 3 is 2.72 bits per heavy atom. The Balaban J connectivity index is 1.36. The van der Waals surface area contributed by atoms with E-state index in [4.69, 9.17) is 4.74 Å². The van der Waals surface area contributed by atoms with Crippen LogP contribution in [0.1, 0.15) is 26.4 Å². The molecule has 4 rings (SSSR count). The summed E-state index contributed by atoms with van der Waals surface area (Å²) in [7, 11) is 1.60. The molecular formula is C23H22N4O4S. The minimum absolute atomic E-state index is 0.0706. The molecule has 0 radical (unpaired) electrons. The zero-order valence-corrected chi connectivity index (χ0v) is 18.3. The second kappa shape index (κ2) is 9.61. The van der Waals surface area contributed by atoms with E-state index in [1.54, 1.807) is 36.8 Å². The highest BCUT2D eigenvalue weighted by molar-refractivity contribution is 7.13.